The number of carbonyl (C=O) groups excluding carboxylic acids is 1. The molecule has 1 heterocycles. The number of ketones is 1. The van der Waals surface area contributed by atoms with Crippen molar-refractivity contribution >= 4 is 15.8 Å². The van der Waals surface area contributed by atoms with Crippen molar-refractivity contribution in [1.82, 2.24) is 4.31 Å². The predicted molar refractivity (Wildman–Crippen MR) is 115 cm³/mol. The van der Waals surface area contributed by atoms with Crippen LogP contribution in [0.3, 0.4) is 0 Å². The van der Waals surface area contributed by atoms with Crippen LogP contribution in [0.5, 0.6) is 0 Å². The van der Waals surface area contributed by atoms with E-state index < -0.39 is 32.1 Å². The summed E-state index contributed by atoms with van der Waals surface area (Å²) < 4.78 is 47.7. The van der Waals surface area contributed by atoms with Crippen molar-refractivity contribution in [2.75, 3.05) is 26.9 Å². The number of fused-ring (bicyclic) bond motifs is 1. The Morgan fingerprint density at radius 2 is 1.77 bits per heavy atom. The normalized spacial score (nSPS) is 35.0. The average molecular weight is 446 g/mol. The Balaban J connectivity index is 2.06. The number of hydrogen-bond donors (Lipinski definition) is 0. The van der Waals surface area contributed by atoms with Crippen LogP contribution in [0.1, 0.15) is 73.1 Å². The molecule has 3 fully saturated rings. The Morgan fingerprint density at radius 1 is 1.13 bits per heavy atom. The van der Waals surface area contributed by atoms with Gasteiger partial charge < -0.3 is 14.2 Å². The molecule has 3 rings (SSSR count). The van der Waals surface area contributed by atoms with Crippen LogP contribution in [0.15, 0.2) is 0 Å². The lowest BCUT2D eigenvalue weighted by atomic mass is 9.66. The lowest BCUT2D eigenvalue weighted by Crippen LogP contribution is -2.56. The van der Waals surface area contributed by atoms with Gasteiger partial charge in [0.25, 0.3) is 0 Å². The third-order valence-corrected chi connectivity index (χ3v) is 10.3. The fourth-order valence-corrected chi connectivity index (χ4v) is 8.90. The number of nitrogens with zero attached hydrogens (tertiary/aromatic N) is 1. The van der Waals surface area contributed by atoms with Gasteiger partial charge in [-0.05, 0) is 66.2 Å². The van der Waals surface area contributed by atoms with Crippen LogP contribution < -0.4 is 0 Å². The molecular formula is C22H39NO6S. The highest BCUT2D eigenvalue weighted by molar-refractivity contribution is 7.89. The smallest absolute Gasteiger partial charge is 0.217 e. The topological polar surface area (TPSA) is 82.1 Å². The molecule has 0 spiro atoms. The van der Waals surface area contributed by atoms with Crippen molar-refractivity contribution in [1.29, 1.82) is 0 Å². The summed E-state index contributed by atoms with van der Waals surface area (Å²) in [5.41, 5.74) is -1.54. The molecule has 30 heavy (non-hydrogen) atoms. The van der Waals surface area contributed by atoms with Gasteiger partial charge in [-0.2, -0.15) is 4.31 Å². The summed E-state index contributed by atoms with van der Waals surface area (Å²) in [5, 5.41) is -0.696. The van der Waals surface area contributed by atoms with E-state index in [1.54, 1.807) is 11.4 Å². The molecule has 2 aliphatic carbocycles. The highest BCUT2D eigenvalue weighted by Gasteiger charge is 2.70. The zero-order valence-corrected chi connectivity index (χ0v) is 20.2. The molecule has 1 aliphatic heterocycles. The molecule has 0 N–H and O–H groups in total. The Kier molecular flexibility index (Phi) is 6.77. The summed E-state index contributed by atoms with van der Waals surface area (Å²) in [7, 11) is -2.05. The number of hydrogen-bond acceptors (Lipinski definition) is 6. The van der Waals surface area contributed by atoms with Gasteiger partial charge in [0, 0.05) is 39.7 Å². The van der Waals surface area contributed by atoms with E-state index in [1.807, 2.05) is 34.6 Å². The van der Waals surface area contributed by atoms with Gasteiger partial charge in [0.15, 0.2) is 5.79 Å². The predicted octanol–water partition coefficient (Wildman–Crippen LogP) is 3.12. The van der Waals surface area contributed by atoms with Crippen molar-refractivity contribution in [2.24, 2.45) is 11.3 Å². The van der Waals surface area contributed by atoms with Crippen molar-refractivity contribution in [2.45, 2.75) is 95.8 Å². The van der Waals surface area contributed by atoms with E-state index in [4.69, 9.17) is 14.2 Å². The Hall–Kier alpha value is -0.540. The summed E-state index contributed by atoms with van der Waals surface area (Å²) in [5.74, 6) is -1.44. The zero-order chi connectivity index (χ0) is 22.4. The lowest BCUT2D eigenvalue weighted by Gasteiger charge is -2.46. The summed E-state index contributed by atoms with van der Waals surface area (Å²) in [6, 6.07) is -0.216. The van der Waals surface area contributed by atoms with E-state index in [2.05, 4.69) is 0 Å². The molecule has 0 aromatic carbocycles. The minimum absolute atomic E-state index is 0.0635. The van der Waals surface area contributed by atoms with Crippen LogP contribution in [0.2, 0.25) is 0 Å². The number of Topliss-reactive ketones (excluding diaryl/α,β-unsaturated/α-hetero) is 1. The maximum absolute atomic E-state index is 14.1. The molecule has 3 aliphatic rings. The van der Waals surface area contributed by atoms with E-state index in [-0.39, 0.29) is 24.2 Å². The van der Waals surface area contributed by atoms with Crippen molar-refractivity contribution in [3.63, 3.8) is 0 Å². The largest absolute Gasteiger partial charge is 0.377 e. The minimum Gasteiger partial charge on any atom is -0.377 e. The molecule has 2 saturated carbocycles. The van der Waals surface area contributed by atoms with Crippen LogP contribution in [-0.2, 0) is 29.0 Å². The van der Waals surface area contributed by atoms with Gasteiger partial charge in [-0.3, -0.25) is 4.79 Å². The fourth-order valence-electron chi connectivity index (χ4n) is 6.20. The average Bonchev–Trinajstić information content (AvgIpc) is 3.28. The lowest BCUT2D eigenvalue weighted by molar-refractivity contribution is -0.280. The van der Waals surface area contributed by atoms with Crippen LogP contribution in [0, 0.1) is 11.3 Å². The quantitative estimate of drug-likeness (QED) is 0.534. The first-order valence-electron chi connectivity index (χ1n) is 11.4. The van der Waals surface area contributed by atoms with Gasteiger partial charge in [-0.25, -0.2) is 8.42 Å². The first-order chi connectivity index (χ1) is 14.0. The van der Waals surface area contributed by atoms with Gasteiger partial charge >= 0.3 is 0 Å². The molecule has 0 unspecified atom stereocenters. The summed E-state index contributed by atoms with van der Waals surface area (Å²) >= 11 is 0. The molecule has 7 nitrogen and oxygen atoms in total. The maximum Gasteiger partial charge on any atom is 0.217 e. The van der Waals surface area contributed by atoms with Crippen LogP contribution in [-0.4, -0.2) is 68.1 Å². The monoisotopic (exact) mass is 445 g/mol. The van der Waals surface area contributed by atoms with E-state index in [0.29, 0.717) is 39.0 Å². The van der Waals surface area contributed by atoms with Gasteiger partial charge in [-0.1, -0.05) is 0 Å². The second-order valence-electron chi connectivity index (χ2n) is 9.61. The minimum atomic E-state index is -3.68. The second kappa shape index (κ2) is 8.43. The molecule has 0 bridgehead atoms. The number of ether oxygens (including phenoxy) is 3. The van der Waals surface area contributed by atoms with Gasteiger partial charge in [-0.15, -0.1) is 0 Å². The first-order valence-corrected chi connectivity index (χ1v) is 12.9. The number of rotatable bonds is 8. The Labute approximate surface area is 181 Å². The van der Waals surface area contributed by atoms with Gasteiger partial charge in [0.2, 0.25) is 10.0 Å². The SMILES string of the molecule is CCOC1(OCC)C[C@@H](S(=O)(=O)N2CCC[C@H]2C(C)(C)OC)[C@@H]2CCCC(=O)[C@]21C. The Morgan fingerprint density at radius 3 is 2.33 bits per heavy atom. The maximum atomic E-state index is 14.1. The van der Waals surface area contributed by atoms with Crippen molar-refractivity contribution in [3.8, 4) is 0 Å². The number of methoxy groups -OCH3 is 1. The number of sulfonamides is 1. The fraction of sp³-hybridized carbons (Fsp3) is 0.955. The van der Waals surface area contributed by atoms with Crippen molar-refractivity contribution < 1.29 is 27.4 Å². The van der Waals surface area contributed by atoms with E-state index in [1.165, 1.54) is 0 Å². The van der Waals surface area contributed by atoms with Gasteiger partial charge in [0.1, 0.15) is 5.78 Å². The molecule has 1 saturated heterocycles. The molecule has 0 radical (unpaired) electrons. The standard InChI is InChI=1S/C22H39NO6S/c1-7-28-22(29-8-2)15-17(16-11-9-13-19(24)21(16,22)5)30(25,26)23-14-10-12-18(23)20(3,4)27-6/h16-18H,7-15H2,1-6H3/t16-,17+,18-,21-/m0/s1. The molecule has 0 aromatic heterocycles. The molecule has 0 aromatic rings. The van der Waals surface area contributed by atoms with Crippen LogP contribution in [0.25, 0.3) is 0 Å². The molecule has 8 heteroatoms. The summed E-state index contributed by atoms with van der Waals surface area (Å²) in [6.07, 6.45) is 3.64. The summed E-state index contributed by atoms with van der Waals surface area (Å²) in [6.45, 7) is 10.7. The number of carbonyl (C=O) groups is 1. The van der Waals surface area contributed by atoms with Crippen LogP contribution >= 0.6 is 0 Å². The van der Waals surface area contributed by atoms with Crippen molar-refractivity contribution in [3.05, 3.63) is 0 Å². The Bertz CT molecular complexity index is 745. The zero-order valence-electron chi connectivity index (χ0n) is 19.4. The summed E-state index contributed by atoms with van der Waals surface area (Å²) in [4.78, 5) is 13.2. The third-order valence-electron chi connectivity index (χ3n) is 7.95. The molecule has 0 amide bonds. The molecular weight excluding hydrogens is 406 g/mol. The highest BCUT2D eigenvalue weighted by atomic mass is 32.2. The van der Waals surface area contributed by atoms with E-state index in [9.17, 15) is 13.2 Å². The third kappa shape index (κ3) is 3.47. The van der Waals surface area contributed by atoms with Crippen LogP contribution in [0.4, 0.5) is 0 Å². The second-order valence-corrected chi connectivity index (χ2v) is 11.7. The van der Waals surface area contributed by atoms with Gasteiger partial charge in [0.05, 0.1) is 22.3 Å². The van der Waals surface area contributed by atoms with E-state index >= 15 is 0 Å². The molecule has 174 valence electrons. The van der Waals surface area contributed by atoms with E-state index in [0.717, 1.165) is 12.8 Å². The highest BCUT2D eigenvalue weighted by Crippen LogP contribution is 2.60. The molecule has 4 atom stereocenters. The first kappa shape index (κ1) is 24.1.